The van der Waals surface area contributed by atoms with Crippen LogP contribution in [0.3, 0.4) is 0 Å². The number of thioether (sulfide) groups is 1. The minimum Gasteiger partial charge on any atom is -0.395 e. The second kappa shape index (κ2) is 12.7. The first kappa shape index (κ1) is 17.3. The van der Waals surface area contributed by atoms with Crippen molar-refractivity contribution in [3.63, 3.8) is 0 Å². The molecule has 0 aliphatic heterocycles. The zero-order chi connectivity index (χ0) is 12.9. The summed E-state index contributed by atoms with van der Waals surface area (Å²) in [5.41, 5.74) is 0. The molecule has 0 aliphatic rings. The highest BCUT2D eigenvalue weighted by Gasteiger charge is 2.13. The Morgan fingerprint density at radius 1 is 1.06 bits per heavy atom. The Morgan fingerprint density at radius 3 is 2.18 bits per heavy atom. The molecule has 0 saturated heterocycles. The van der Waals surface area contributed by atoms with Crippen LogP contribution >= 0.6 is 11.8 Å². The average Bonchev–Trinajstić information content (AvgIpc) is 2.34. The topological polar surface area (TPSA) is 32.3 Å². The summed E-state index contributed by atoms with van der Waals surface area (Å²) in [5, 5.41) is 13.0. The van der Waals surface area contributed by atoms with Gasteiger partial charge in [-0.25, -0.2) is 0 Å². The van der Waals surface area contributed by atoms with Crippen molar-refractivity contribution < 1.29 is 5.11 Å². The second-order valence-corrected chi connectivity index (χ2v) is 5.90. The van der Waals surface area contributed by atoms with Crippen molar-refractivity contribution in [2.45, 2.75) is 70.1 Å². The van der Waals surface area contributed by atoms with Crippen molar-refractivity contribution in [1.82, 2.24) is 5.32 Å². The minimum atomic E-state index is 0.270. The van der Waals surface area contributed by atoms with Crippen molar-refractivity contribution >= 4 is 11.8 Å². The molecule has 104 valence electrons. The fourth-order valence-corrected chi connectivity index (χ4v) is 2.63. The van der Waals surface area contributed by atoms with Gasteiger partial charge in [0, 0.05) is 11.3 Å². The number of nitrogens with one attached hydrogen (secondary N) is 1. The molecule has 2 nitrogen and oxygen atoms in total. The van der Waals surface area contributed by atoms with E-state index in [1.807, 2.05) is 0 Å². The first-order chi connectivity index (χ1) is 8.26. The van der Waals surface area contributed by atoms with Gasteiger partial charge in [0.25, 0.3) is 0 Å². The van der Waals surface area contributed by atoms with E-state index in [1.165, 1.54) is 44.9 Å². The number of unbranched alkanes of at least 4 members (excludes halogenated alkanes) is 6. The van der Waals surface area contributed by atoms with Gasteiger partial charge in [-0.2, -0.15) is 11.8 Å². The van der Waals surface area contributed by atoms with Gasteiger partial charge in [-0.3, -0.25) is 0 Å². The molecule has 2 atom stereocenters. The van der Waals surface area contributed by atoms with Crippen molar-refractivity contribution in [2.75, 3.05) is 19.4 Å². The molecule has 0 fully saturated rings. The SMILES string of the molecule is CCCCCCCCCNC(C)C(CO)SC. The molecule has 0 spiro atoms. The van der Waals surface area contributed by atoms with Crippen LogP contribution in [0, 0.1) is 0 Å². The predicted molar refractivity (Wildman–Crippen MR) is 79.8 cm³/mol. The van der Waals surface area contributed by atoms with E-state index in [4.69, 9.17) is 5.11 Å². The molecule has 0 aromatic heterocycles. The van der Waals surface area contributed by atoms with Crippen LogP contribution < -0.4 is 5.32 Å². The van der Waals surface area contributed by atoms with Crippen LogP contribution in [0.1, 0.15) is 58.8 Å². The predicted octanol–water partition coefficient (Wildman–Crippen LogP) is 3.44. The maximum Gasteiger partial charge on any atom is 0.0564 e. The van der Waals surface area contributed by atoms with E-state index >= 15 is 0 Å². The van der Waals surface area contributed by atoms with Gasteiger partial charge < -0.3 is 10.4 Å². The van der Waals surface area contributed by atoms with Gasteiger partial charge in [0.15, 0.2) is 0 Å². The minimum absolute atomic E-state index is 0.270. The summed E-state index contributed by atoms with van der Waals surface area (Å²) in [5.74, 6) is 0. The Balaban J connectivity index is 3.27. The molecule has 0 saturated carbocycles. The van der Waals surface area contributed by atoms with Gasteiger partial charge in [-0.15, -0.1) is 0 Å². The first-order valence-corrected chi connectivity index (χ1v) is 8.42. The fraction of sp³-hybridized carbons (Fsp3) is 1.00. The highest BCUT2D eigenvalue weighted by atomic mass is 32.2. The summed E-state index contributed by atoms with van der Waals surface area (Å²) in [6.45, 7) is 5.78. The Kier molecular flexibility index (Phi) is 12.9. The number of hydrogen-bond acceptors (Lipinski definition) is 3. The fourth-order valence-electron chi connectivity index (χ4n) is 1.98. The summed E-state index contributed by atoms with van der Waals surface area (Å²) in [6.07, 6.45) is 11.6. The summed E-state index contributed by atoms with van der Waals surface area (Å²) >= 11 is 1.74. The lowest BCUT2D eigenvalue weighted by molar-refractivity contribution is 0.276. The third-order valence-electron chi connectivity index (χ3n) is 3.29. The molecule has 2 N–H and O–H groups in total. The lowest BCUT2D eigenvalue weighted by atomic mass is 10.1. The highest BCUT2D eigenvalue weighted by Crippen LogP contribution is 2.10. The van der Waals surface area contributed by atoms with Crippen LogP contribution in [0.4, 0.5) is 0 Å². The molecular weight excluding hydrogens is 230 g/mol. The third-order valence-corrected chi connectivity index (χ3v) is 4.45. The average molecular weight is 261 g/mol. The van der Waals surface area contributed by atoms with Crippen LogP contribution in [0.15, 0.2) is 0 Å². The van der Waals surface area contributed by atoms with Gasteiger partial charge >= 0.3 is 0 Å². The van der Waals surface area contributed by atoms with E-state index in [9.17, 15) is 0 Å². The van der Waals surface area contributed by atoms with Crippen LogP contribution in [-0.4, -0.2) is 35.8 Å². The van der Waals surface area contributed by atoms with Gasteiger partial charge in [0.1, 0.15) is 0 Å². The molecule has 0 heterocycles. The number of aliphatic hydroxyl groups excluding tert-OH is 1. The second-order valence-electron chi connectivity index (χ2n) is 4.82. The Morgan fingerprint density at radius 2 is 1.65 bits per heavy atom. The van der Waals surface area contributed by atoms with Gasteiger partial charge in [0.2, 0.25) is 0 Å². The lowest BCUT2D eigenvalue weighted by Crippen LogP contribution is -2.37. The Hall–Kier alpha value is 0.270. The zero-order valence-corrected chi connectivity index (χ0v) is 12.7. The molecule has 2 unspecified atom stereocenters. The molecule has 0 rings (SSSR count). The third kappa shape index (κ3) is 9.93. The maximum absolute atomic E-state index is 9.16. The van der Waals surface area contributed by atoms with Crippen LogP contribution in [0.5, 0.6) is 0 Å². The quantitative estimate of drug-likeness (QED) is 0.528. The van der Waals surface area contributed by atoms with E-state index in [1.54, 1.807) is 11.8 Å². The Bertz CT molecular complexity index is 151. The lowest BCUT2D eigenvalue weighted by Gasteiger charge is -2.21. The molecule has 17 heavy (non-hydrogen) atoms. The zero-order valence-electron chi connectivity index (χ0n) is 11.9. The van der Waals surface area contributed by atoms with Crippen LogP contribution in [0.2, 0.25) is 0 Å². The molecule has 0 aromatic carbocycles. The summed E-state index contributed by atoms with van der Waals surface area (Å²) in [6, 6.07) is 0.412. The van der Waals surface area contributed by atoms with Crippen LogP contribution in [0.25, 0.3) is 0 Å². The first-order valence-electron chi connectivity index (χ1n) is 7.13. The summed E-state index contributed by atoms with van der Waals surface area (Å²) in [4.78, 5) is 0. The van der Waals surface area contributed by atoms with E-state index in [0.29, 0.717) is 11.3 Å². The normalized spacial score (nSPS) is 14.8. The van der Waals surface area contributed by atoms with Crippen molar-refractivity contribution in [3.8, 4) is 0 Å². The molecule has 3 heteroatoms. The number of rotatable bonds is 12. The molecule has 0 aromatic rings. The molecule has 0 radical (unpaired) electrons. The monoisotopic (exact) mass is 261 g/mol. The van der Waals surface area contributed by atoms with E-state index in [-0.39, 0.29) is 6.61 Å². The van der Waals surface area contributed by atoms with Gasteiger partial charge in [-0.1, -0.05) is 45.4 Å². The smallest absolute Gasteiger partial charge is 0.0564 e. The van der Waals surface area contributed by atoms with E-state index in [2.05, 4.69) is 25.4 Å². The Labute approximate surface area is 112 Å². The highest BCUT2D eigenvalue weighted by molar-refractivity contribution is 7.99. The van der Waals surface area contributed by atoms with Crippen LogP contribution in [-0.2, 0) is 0 Å². The summed E-state index contributed by atoms with van der Waals surface area (Å²) in [7, 11) is 0. The standard InChI is InChI=1S/C14H31NOS/c1-4-5-6-7-8-9-10-11-15-13(2)14(12-16)17-3/h13-16H,4-12H2,1-3H3. The largest absolute Gasteiger partial charge is 0.395 e. The molecule has 0 aliphatic carbocycles. The van der Waals surface area contributed by atoms with Crippen molar-refractivity contribution in [2.24, 2.45) is 0 Å². The molecule has 0 amide bonds. The summed E-state index contributed by atoms with van der Waals surface area (Å²) < 4.78 is 0. The molecule has 0 bridgehead atoms. The van der Waals surface area contributed by atoms with Crippen molar-refractivity contribution in [1.29, 1.82) is 0 Å². The van der Waals surface area contributed by atoms with Gasteiger partial charge in [-0.05, 0) is 26.1 Å². The van der Waals surface area contributed by atoms with E-state index < -0.39 is 0 Å². The number of hydrogen-bond donors (Lipinski definition) is 2. The number of aliphatic hydroxyl groups is 1. The van der Waals surface area contributed by atoms with Gasteiger partial charge in [0.05, 0.1) is 6.61 Å². The van der Waals surface area contributed by atoms with E-state index in [0.717, 1.165) is 6.54 Å². The maximum atomic E-state index is 9.16. The van der Waals surface area contributed by atoms with Crippen molar-refractivity contribution in [3.05, 3.63) is 0 Å². The molecular formula is C14H31NOS.